The van der Waals surface area contributed by atoms with Gasteiger partial charge in [-0.2, -0.15) is 0 Å². The summed E-state index contributed by atoms with van der Waals surface area (Å²) >= 11 is 3.41. The van der Waals surface area contributed by atoms with Gasteiger partial charge in [-0.05, 0) is 28.4 Å². The summed E-state index contributed by atoms with van der Waals surface area (Å²) in [5.41, 5.74) is 6.82. The largest absolute Gasteiger partial charge is 0.359 e. The van der Waals surface area contributed by atoms with E-state index in [1.807, 2.05) is 12.3 Å². The molecule has 0 aliphatic rings. The van der Waals surface area contributed by atoms with E-state index in [-0.39, 0.29) is 0 Å². The van der Waals surface area contributed by atoms with Crippen molar-refractivity contribution in [3.8, 4) is 0 Å². The number of nitrogens with two attached hydrogens (primary N) is 1. The highest BCUT2D eigenvalue weighted by Gasteiger charge is 2.08. The van der Waals surface area contributed by atoms with E-state index in [0.717, 1.165) is 22.4 Å². The minimum atomic E-state index is 0.528. The number of halogens is 1. The molecule has 0 bridgehead atoms. The number of aromatic nitrogens is 1. The third kappa shape index (κ3) is 3.76. The van der Waals surface area contributed by atoms with E-state index in [9.17, 15) is 0 Å². The predicted molar refractivity (Wildman–Crippen MR) is 72.6 cm³/mol. The molecule has 2 N–H and O–H groups in total. The number of rotatable bonds is 6. The number of hydrogen-bond acceptors (Lipinski definition) is 3. The van der Waals surface area contributed by atoms with Crippen LogP contribution in [-0.4, -0.2) is 18.6 Å². The third-order valence-electron chi connectivity index (χ3n) is 2.59. The van der Waals surface area contributed by atoms with Gasteiger partial charge in [-0.15, -0.1) is 0 Å². The summed E-state index contributed by atoms with van der Waals surface area (Å²) in [4.78, 5) is 6.61. The van der Waals surface area contributed by atoms with Crippen molar-refractivity contribution in [2.24, 2.45) is 5.73 Å². The van der Waals surface area contributed by atoms with Crippen LogP contribution in [0.1, 0.15) is 31.7 Å². The van der Waals surface area contributed by atoms with E-state index in [0.29, 0.717) is 6.54 Å². The van der Waals surface area contributed by atoms with E-state index in [4.69, 9.17) is 5.73 Å². The monoisotopic (exact) mass is 285 g/mol. The van der Waals surface area contributed by atoms with Crippen LogP contribution in [0.4, 0.5) is 5.82 Å². The number of pyridine rings is 1. The van der Waals surface area contributed by atoms with Gasteiger partial charge in [0.05, 0.1) is 0 Å². The van der Waals surface area contributed by atoms with Gasteiger partial charge < -0.3 is 10.6 Å². The molecule has 0 spiro atoms. The Bertz CT molecular complexity index is 328. The first-order valence-corrected chi connectivity index (χ1v) is 6.54. The van der Waals surface area contributed by atoms with Crippen molar-refractivity contribution in [3.05, 3.63) is 22.3 Å². The van der Waals surface area contributed by atoms with Crippen molar-refractivity contribution in [1.29, 1.82) is 0 Å². The van der Waals surface area contributed by atoms with Gasteiger partial charge in [0.2, 0.25) is 0 Å². The highest BCUT2D eigenvalue weighted by Crippen LogP contribution is 2.20. The van der Waals surface area contributed by atoms with Crippen molar-refractivity contribution >= 4 is 21.7 Å². The van der Waals surface area contributed by atoms with Gasteiger partial charge in [-0.25, -0.2) is 4.98 Å². The van der Waals surface area contributed by atoms with Crippen LogP contribution in [0.2, 0.25) is 0 Å². The first kappa shape index (κ1) is 13.5. The van der Waals surface area contributed by atoms with E-state index >= 15 is 0 Å². The topological polar surface area (TPSA) is 42.2 Å². The summed E-state index contributed by atoms with van der Waals surface area (Å²) in [5, 5.41) is 0. The predicted octanol–water partition coefficient (Wildman–Crippen LogP) is 2.93. The molecular formula is C12H20BrN3. The lowest BCUT2D eigenvalue weighted by atomic mass is 10.2. The lowest BCUT2D eigenvalue weighted by Crippen LogP contribution is -2.22. The zero-order chi connectivity index (χ0) is 12.0. The average molecular weight is 286 g/mol. The molecule has 1 aromatic heterocycles. The SMILES string of the molecule is CCCCCN(C)c1ncc(Br)cc1CN. The van der Waals surface area contributed by atoms with Crippen LogP contribution in [0.15, 0.2) is 16.7 Å². The zero-order valence-electron chi connectivity index (χ0n) is 10.0. The third-order valence-corrected chi connectivity index (χ3v) is 3.02. The molecule has 1 heterocycles. The molecule has 16 heavy (non-hydrogen) atoms. The fourth-order valence-corrected chi connectivity index (χ4v) is 2.05. The average Bonchev–Trinajstić information content (AvgIpc) is 2.29. The lowest BCUT2D eigenvalue weighted by Gasteiger charge is -2.20. The van der Waals surface area contributed by atoms with Gasteiger partial charge in [0, 0.05) is 36.4 Å². The minimum absolute atomic E-state index is 0.528. The highest BCUT2D eigenvalue weighted by molar-refractivity contribution is 9.10. The standard InChI is InChI=1S/C12H20BrN3/c1-3-4-5-6-16(2)12-10(8-14)7-11(13)9-15-12/h7,9H,3-6,8,14H2,1-2H3. The molecule has 0 saturated carbocycles. The van der Waals surface area contributed by atoms with Gasteiger partial charge >= 0.3 is 0 Å². The Labute approximate surface area is 106 Å². The fourth-order valence-electron chi connectivity index (χ4n) is 1.67. The maximum absolute atomic E-state index is 5.72. The van der Waals surface area contributed by atoms with Crippen LogP contribution in [0.5, 0.6) is 0 Å². The Hall–Kier alpha value is -0.610. The second-order valence-corrected chi connectivity index (χ2v) is 4.88. The molecule has 0 aromatic carbocycles. The minimum Gasteiger partial charge on any atom is -0.359 e. The highest BCUT2D eigenvalue weighted by atomic mass is 79.9. The molecule has 0 fully saturated rings. The van der Waals surface area contributed by atoms with Crippen LogP contribution < -0.4 is 10.6 Å². The summed E-state index contributed by atoms with van der Waals surface area (Å²) in [6.07, 6.45) is 5.53. The number of nitrogens with zero attached hydrogens (tertiary/aromatic N) is 2. The lowest BCUT2D eigenvalue weighted by molar-refractivity contribution is 0.699. The molecule has 0 amide bonds. The molecule has 0 aliphatic heterocycles. The van der Waals surface area contributed by atoms with E-state index in [2.05, 4.69) is 39.8 Å². The molecule has 0 atom stereocenters. The van der Waals surface area contributed by atoms with Gasteiger partial charge in [-0.1, -0.05) is 19.8 Å². The summed E-state index contributed by atoms with van der Waals surface area (Å²) < 4.78 is 0.985. The number of anilines is 1. The van der Waals surface area contributed by atoms with E-state index in [1.54, 1.807) is 0 Å². The molecule has 4 heteroatoms. The van der Waals surface area contributed by atoms with E-state index in [1.165, 1.54) is 19.3 Å². The summed E-state index contributed by atoms with van der Waals surface area (Å²) in [7, 11) is 2.07. The summed E-state index contributed by atoms with van der Waals surface area (Å²) in [6.45, 7) is 3.78. The van der Waals surface area contributed by atoms with Gasteiger partial charge in [-0.3, -0.25) is 0 Å². The fraction of sp³-hybridized carbons (Fsp3) is 0.583. The zero-order valence-corrected chi connectivity index (χ0v) is 11.6. The maximum atomic E-state index is 5.72. The first-order valence-electron chi connectivity index (χ1n) is 5.74. The molecule has 0 saturated heterocycles. The Morgan fingerprint density at radius 3 is 2.81 bits per heavy atom. The van der Waals surface area contributed by atoms with Crippen molar-refractivity contribution in [2.75, 3.05) is 18.5 Å². The van der Waals surface area contributed by atoms with Gasteiger partial charge in [0.1, 0.15) is 5.82 Å². The second kappa shape index (κ2) is 6.86. The van der Waals surface area contributed by atoms with Crippen LogP contribution in [0, 0.1) is 0 Å². The molecule has 0 unspecified atom stereocenters. The van der Waals surface area contributed by atoms with Gasteiger partial charge in [0.15, 0.2) is 0 Å². The molecule has 1 aromatic rings. The van der Waals surface area contributed by atoms with Crippen molar-refractivity contribution in [2.45, 2.75) is 32.7 Å². The van der Waals surface area contributed by atoms with Crippen LogP contribution in [0.3, 0.4) is 0 Å². The van der Waals surface area contributed by atoms with Crippen molar-refractivity contribution in [1.82, 2.24) is 4.98 Å². The first-order chi connectivity index (χ1) is 7.69. The maximum Gasteiger partial charge on any atom is 0.132 e. The van der Waals surface area contributed by atoms with Crippen LogP contribution in [0.25, 0.3) is 0 Å². The van der Waals surface area contributed by atoms with Crippen molar-refractivity contribution < 1.29 is 0 Å². The van der Waals surface area contributed by atoms with Crippen LogP contribution in [-0.2, 0) is 6.54 Å². The number of hydrogen-bond donors (Lipinski definition) is 1. The normalized spacial score (nSPS) is 10.5. The molecular weight excluding hydrogens is 266 g/mol. The Balaban J connectivity index is 2.70. The molecule has 0 aliphatic carbocycles. The Kier molecular flexibility index (Phi) is 5.77. The smallest absolute Gasteiger partial charge is 0.132 e. The molecule has 3 nitrogen and oxygen atoms in total. The van der Waals surface area contributed by atoms with Crippen LogP contribution >= 0.6 is 15.9 Å². The van der Waals surface area contributed by atoms with E-state index < -0.39 is 0 Å². The Morgan fingerprint density at radius 1 is 1.44 bits per heavy atom. The molecule has 90 valence electrons. The molecule has 0 radical (unpaired) electrons. The summed E-state index contributed by atoms with van der Waals surface area (Å²) in [6, 6.07) is 2.04. The Morgan fingerprint density at radius 2 is 2.19 bits per heavy atom. The van der Waals surface area contributed by atoms with Gasteiger partial charge in [0.25, 0.3) is 0 Å². The second-order valence-electron chi connectivity index (χ2n) is 3.97. The number of unbranched alkanes of at least 4 members (excludes halogenated alkanes) is 2. The summed E-state index contributed by atoms with van der Waals surface area (Å²) in [5.74, 6) is 1.00. The molecule has 1 rings (SSSR count). The van der Waals surface area contributed by atoms with Crippen molar-refractivity contribution in [3.63, 3.8) is 0 Å². The quantitative estimate of drug-likeness (QED) is 0.818.